The molecule has 2 N–H and O–H groups in total. The maximum absolute atomic E-state index is 13.6. The molecule has 5 aromatic carbocycles. The fourth-order valence-electron chi connectivity index (χ4n) is 6.30. The van der Waals surface area contributed by atoms with E-state index in [0.29, 0.717) is 6.29 Å². The molecule has 0 fully saturated rings. The fourth-order valence-corrected chi connectivity index (χ4v) is 6.30. The Labute approximate surface area is 263 Å². The van der Waals surface area contributed by atoms with Crippen molar-refractivity contribution >= 4 is 18.3 Å². The molecule has 1 aliphatic rings. The van der Waals surface area contributed by atoms with Crippen LogP contribution in [0, 0.1) is 0 Å². The molecule has 0 radical (unpaired) electrons. The number of nitrogens with one attached hydrogen (secondary N) is 2. The number of hydrogen-bond donors (Lipinski definition) is 2. The molecule has 0 aliphatic heterocycles. The second-order valence-electron chi connectivity index (χ2n) is 11.1. The van der Waals surface area contributed by atoms with Crippen LogP contribution in [-0.4, -0.2) is 30.9 Å². The average Bonchev–Trinajstić information content (AvgIpc) is 3.42. The van der Waals surface area contributed by atoms with Crippen molar-refractivity contribution in [3.05, 3.63) is 167 Å². The van der Waals surface area contributed by atoms with Gasteiger partial charge in [0.2, 0.25) is 5.91 Å². The lowest BCUT2D eigenvalue weighted by molar-refractivity contribution is -0.122. The molecule has 0 bridgehead atoms. The quantitative estimate of drug-likeness (QED) is 0.128. The Kier molecular flexibility index (Phi) is 8.83. The molecule has 0 heterocycles. The van der Waals surface area contributed by atoms with E-state index >= 15 is 0 Å². The van der Waals surface area contributed by atoms with E-state index in [1.54, 1.807) is 0 Å². The summed E-state index contributed by atoms with van der Waals surface area (Å²) in [6, 6.07) is 44.8. The Hall–Kier alpha value is -5.49. The molecule has 224 valence electrons. The van der Waals surface area contributed by atoms with E-state index in [1.807, 2.05) is 115 Å². The minimum Gasteiger partial charge on any atom is -0.449 e. The van der Waals surface area contributed by atoms with E-state index < -0.39 is 17.7 Å². The second-order valence-corrected chi connectivity index (χ2v) is 11.1. The molecule has 0 unspecified atom stereocenters. The van der Waals surface area contributed by atoms with Gasteiger partial charge >= 0.3 is 6.09 Å². The van der Waals surface area contributed by atoms with Crippen molar-refractivity contribution in [3.8, 4) is 11.1 Å². The highest BCUT2D eigenvalue weighted by Gasteiger charge is 2.38. The molecule has 6 rings (SSSR count). The third-order valence-corrected chi connectivity index (χ3v) is 8.44. The van der Waals surface area contributed by atoms with Crippen molar-refractivity contribution in [2.45, 2.75) is 30.3 Å². The number of amides is 2. The van der Waals surface area contributed by atoms with Crippen molar-refractivity contribution in [2.24, 2.45) is 0 Å². The van der Waals surface area contributed by atoms with E-state index in [1.165, 1.54) is 0 Å². The van der Waals surface area contributed by atoms with Crippen LogP contribution in [0.5, 0.6) is 0 Å². The van der Waals surface area contributed by atoms with Gasteiger partial charge in [-0.1, -0.05) is 140 Å². The summed E-state index contributed by atoms with van der Waals surface area (Å²) >= 11 is 0. The SMILES string of the molecule is O=C[C@H](CCC(=O)NC(c1ccccc1)(c1ccccc1)c1ccccc1)NC(=O)OCC1c2ccccc2-c2ccccc21. The van der Waals surface area contributed by atoms with Gasteiger partial charge in [0.05, 0.1) is 6.04 Å². The van der Waals surface area contributed by atoms with Crippen molar-refractivity contribution in [1.29, 1.82) is 0 Å². The van der Waals surface area contributed by atoms with Gasteiger partial charge in [-0.15, -0.1) is 0 Å². The summed E-state index contributed by atoms with van der Waals surface area (Å²) in [5.74, 6) is -0.349. The molecule has 0 spiro atoms. The number of fused-ring (bicyclic) bond motifs is 3. The molecule has 45 heavy (non-hydrogen) atoms. The van der Waals surface area contributed by atoms with E-state index in [2.05, 4.69) is 34.9 Å². The first kappa shape index (κ1) is 29.6. The van der Waals surface area contributed by atoms with Crippen LogP contribution in [0.1, 0.15) is 46.6 Å². The van der Waals surface area contributed by atoms with Crippen LogP contribution < -0.4 is 10.6 Å². The first-order valence-corrected chi connectivity index (χ1v) is 15.1. The van der Waals surface area contributed by atoms with Crippen LogP contribution in [0.25, 0.3) is 11.1 Å². The van der Waals surface area contributed by atoms with Gasteiger partial charge in [0, 0.05) is 12.3 Å². The Morgan fingerprint density at radius 2 is 1.11 bits per heavy atom. The monoisotopic (exact) mass is 594 g/mol. The number of alkyl carbamates (subject to hydrolysis) is 1. The Balaban J connectivity index is 1.13. The normalized spacial score (nSPS) is 12.8. The molecular weight excluding hydrogens is 560 g/mol. The molecule has 0 saturated heterocycles. The van der Waals surface area contributed by atoms with E-state index in [0.717, 1.165) is 38.9 Å². The maximum Gasteiger partial charge on any atom is 0.407 e. The summed E-state index contributed by atoms with van der Waals surface area (Å²) in [6.45, 7) is 0.139. The summed E-state index contributed by atoms with van der Waals surface area (Å²) < 4.78 is 5.62. The Bertz CT molecular complexity index is 1630. The van der Waals surface area contributed by atoms with E-state index in [-0.39, 0.29) is 31.3 Å². The van der Waals surface area contributed by atoms with Gasteiger partial charge in [-0.25, -0.2) is 4.79 Å². The van der Waals surface area contributed by atoms with Crippen molar-refractivity contribution in [3.63, 3.8) is 0 Å². The molecule has 6 nitrogen and oxygen atoms in total. The first-order chi connectivity index (χ1) is 22.1. The predicted octanol–water partition coefficient (Wildman–Crippen LogP) is 6.98. The van der Waals surface area contributed by atoms with Crippen molar-refractivity contribution < 1.29 is 19.1 Å². The summed E-state index contributed by atoms with van der Waals surface area (Å²) in [7, 11) is 0. The van der Waals surface area contributed by atoms with E-state index in [9.17, 15) is 14.4 Å². The first-order valence-electron chi connectivity index (χ1n) is 15.1. The van der Waals surface area contributed by atoms with Crippen LogP contribution in [0.4, 0.5) is 4.79 Å². The molecule has 0 saturated carbocycles. The van der Waals surface area contributed by atoms with Gasteiger partial charge in [0.25, 0.3) is 0 Å². The van der Waals surface area contributed by atoms with Crippen molar-refractivity contribution in [2.75, 3.05) is 6.61 Å². The Morgan fingerprint density at radius 1 is 0.667 bits per heavy atom. The lowest BCUT2D eigenvalue weighted by Gasteiger charge is -2.37. The van der Waals surface area contributed by atoms with Crippen molar-refractivity contribution in [1.82, 2.24) is 10.6 Å². The van der Waals surface area contributed by atoms with Gasteiger partial charge in [-0.2, -0.15) is 0 Å². The third-order valence-electron chi connectivity index (χ3n) is 8.44. The average molecular weight is 595 g/mol. The predicted molar refractivity (Wildman–Crippen MR) is 175 cm³/mol. The summed E-state index contributed by atoms with van der Waals surface area (Å²) in [6.07, 6.45) is 0.0876. The standard InChI is InChI=1S/C39H34N2O4/c42-26-31(40-38(44)45-27-36-34-22-12-10-20-32(34)33-21-11-13-23-35(33)36)24-25-37(43)41-39(28-14-4-1-5-15-28,29-16-6-2-7-17-29)30-18-8-3-9-19-30/h1-23,26,31,36H,24-25,27H2,(H,40,44)(H,41,43)/t31-/m0/s1. The minimum atomic E-state index is -0.961. The number of carbonyl (C=O) groups excluding carboxylic acids is 3. The molecular formula is C39H34N2O4. The topological polar surface area (TPSA) is 84.5 Å². The summed E-state index contributed by atoms with van der Waals surface area (Å²) in [5.41, 5.74) is 6.23. The molecule has 2 amide bonds. The smallest absolute Gasteiger partial charge is 0.407 e. The minimum absolute atomic E-state index is 0.0152. The van der Waals surface area contributed by atoms with Gasteiger partial charge in [-0.3, -0.25) is 4.79 Å². The molecule has 5 aromatic rings. The Morgan fingerprint density at radius 3 is 1.58 bits per heavy atom. The molecule has 6 heteroatoms. The van der Waals surface area contributed by atoms with Gasteiger partial charge in [-0.05, 0) is 45.4 Å². The summed E-state index contributed by atoms with van der Waals surface area (Å²) in [4.78, 5) is 38.5. The number of aldehydes is 1. The number of benzene rings is 5. The molecule has 1 atom stereocenters. The summed E-state index contributed by atoms with van der Waals surface area (Å²) in [5, 5.41) is 5.94. The number of rotatable bonds is 11. The number of hydrogen-bond acceptors (Lipinski definition) is 4. The lowest BCUT2D eigenvalue weighted by atomic mass is 9.77. The highest BCUT2D eigenvalue weighted by molar-refractivity contribution is 5.81. The van der Waals surface area contributed by atoms with Gasteiger partial charge < -0.3 is 20.2 Å². The second kappa shape index (κ2) is 13.4. The zero-order valence-corrected chi connectivity index (χ0v) is 24.8. The zero-order chi connectivity index (χ0) is 31.1. The van der Waals surface area contributed by atoms with Gasteiger partial charge in [0.15, 0.2) is 0 Å². The van der Waals surface area contributed by atoms with Crippen LogP contribution >= 0.6 is 0 Å². The highest BCUT2D eigenvalue weighted by atomic mass is 16.5. The lowest BCUT2D eigenvalue weighted by Crippen LogP contribution is -2.48. The fraction of sp³-hybridized carbons (Fsp3) is 0.154. The largest absolute Gasteiger partial charge is 0.449 e. The highest BCUT2D eigenvalue weighted by Crippen LogP contribution is 2.44. The van der Waals surface area contributed by atoms with Crippen LogP contribution in [-0.2, 0) is 19.9 Å². The van der Waals surface area contributed by atoms with E-state index in [4.69, 9.17) is 4.74 Å². The number of carbonyl (C=O) groups is 3. The third kappa shape index (κ3) is 6.13. The number of ether oxygens (including phenoxy) is 1. The molecule has 0 aromatic heterocycles. The molecule has 1 aliphatic carbocycles. The zero-order valence-electron chi connectivity index (χ0n) is 24.8. The maximum atomic E-state index is 13.6. The van der Waals surface area contributed by atoms with Crippen LogP contribution in [0.15, 0.2) is 140 Å². The van der Waals surface area contributed by atoms with Crippen LogP contribution in [0.3, 0.4) is 0 Å². The van der Waals surface area contributed by atoms with Crippen LogP contribution in [0.2, 0.25) is 0 Å². The van der Waals surface area contributed by atoms with Gasteiger partial charge in [0.1, 0.15) is 18.4 Å².